The molecule has 2 aromatic heterocycles. The zero-order chi connectivity index (χ0) is 34.5. The van der Waals surface area contributed by atoms with Crippen LogP contribution in [-0.4, -0.2) is 105 Å². The maximum atomic E-state index is 13.6. The molecule has 16 heteroatoms. The van der Waals surface area contributed by atoms with Crippen LogP contribution in [0.1, 0.15) is 11.1 Å². The lowest BCUT2D eigenvalue weighted by Gasteiger charge is -2.35. The molecule has 2 aliphatic rings. The molecule has 0 atom stereocenters. The summed E-state index contributed by atoms with van der Waals surface area (Å²) in [5.41, 5.74) is 1.73. The number of nitrogens with zero attached hydrogens (tertiary/aromatic N) is 7. The molecule has 2 aromatic carbocycles. The van der Waals surface area contributed by atoms with Crippen molar-refractivity contribution in [1.29, 1.82) is 0 Å². The van der Waals surface area contributed by atoms with Crippen molar-refractivity contribution in [2.24, 2.45) is 17.0 Å². The van der Waals surface area contributed by atoms with Gasteiger partial charge in [0.25, 0.3) is 20.0 Å². The number of primary sulfonamides is 1. The minimum absolute atomic E-state index is 0.0600. The molecule has 4 heterocycles. The van der Waals surface area contributed by atoms with Gasteiger partial charge < -0.3 is 19.3 Å². The molecule has 0 saturated carbocycles. The summed E-state index contributed by atoms with van der Waals surface area (Å²) in [5, 5.41) is 13.3. The molecule has 260 valence electrons. The highest BCUT2D eigenvalue weighted by Gasteiger charge is 2.29. The number of rotatable bonds is 13. The van der Waals surface area contributed by atoms with E-state index >= 15 is 0 Å². The van der Waals surface area contributed by atoms with E-state index in [0.29, 0.717) is 11.8 Å². The number of ether oxygens (including phenoxy) is 2. The molecule has 0 unspecified atom stereocenters. The van der Waals surface area contributed by atoms with Gasteiger partial charge in [0, 0.05) is 76.6 Å². The van der Waals surface area contributed by atoms with Gasteiger partial charge in [0.2, 0.25) is 0 Å². The lowest BCUT2D eigenvalue weighted by Crippen LogP contribution is -2.45. The molecule has 0 radical (unpaired) electrons. The molecule has 48 heavy (non-hydrogen) atoms. The number of benzene rings is 2. The molecule has 2 fully saturated rings. The Bertz CT molecular complexity index is 1800. The van der Waals surface area contributed by atoms with E-state index < -0.39 is 20.0 Å². The first-order valence-corrected chi connectivity index (χ1v) is 18.5. The number of likely N-dealkylation sites (tertiary alicyclic amines) is 2. The van der Waals surface area contributed by atoms with E-state index in [-0.39, 0.29) is 23.1 Å². The Hall–Kier alpha value is -3.80. The lowest BCUT2D eigenvalue weighted by molar-refractivity contribution is 0.115. The summed E-state index contributed by atoms with van der Waals surface area (Å²) in [4.78, 5) is 4.44. The predicted molar refractivity (Wildman–Crippen MR) is 180 cm³/mol. The molecular formula is C32H44N8O6S2. The number of sulfonamides is 2. The van der Waals surface area contributed by atoms with Gasteiger partial charge in [-0.05, 0) is 61.6 Å². The third kappa shape index (κ3) is 9.21. The van der Waals surface area contributed by atoms with Crippen molar-refractivity contribution in [3.63, 3.8) is 0 Å². The second kappa shape index (κ2) is 15.2. The minimum Gasteiger partial charge on any atom is -0.497 e. The van der Waals surface area contributed by atoms with Crippen molar-refractivity contribution < 1.29 is 26.3 Å². The molecule has 0 amide bonds. The number of hydrogen-bond donors (Lipinski definition) is 1. The summed E-state index contributed by atoms with van der Waals surface area (Å²) in [7, 11) is -0.139. The van der Waals surface area contributed by atoms with E-state index in [0.717, 1.165) is 61.9 Å². The topological polar surface area (TPSA) is 158 Å². The van der Waals surface area contributed by atoms with E-state index in [1.165, 1.54) is 10.4 Å². The van der Waals surface area contributed by atoms with Gasteiger partial charge >= 0.3 is 0 Å². The van der Waals surface area contributed by atoms with Crippen molar-refractivity contribution in [2.75, 3.05) is 54.5 Å². The van der Waals surface area contributed by atoms with Gasteiger partial charge in [0.05, 0.1) is 14.2 Å². The van der Waals surface area contributed by atoms with Crippen molar-refractivity contribution >= 4 is 20.0 Å². The molecule has 0 spiro atoms. The highest BCUT2D eigenvalue weighted by atomic mass is 32.2. The van der Waals surface area contributed by atoms with Gasteiger partial charge in [0.15, 0.2) is 10.1 Å². The summed E-state index contributed by atoms with van der Waals surface area (Å²) in [6, 6.07) is 17.8. The van der Waals surface area contributed by atoms with Crippen molar-refractivity contribution in [3.05, 3.63) is 84.2 Å². The van der Waals surface area contributed by atoms with Crippen LogP contribution in [-0.2, 0) is 46.2 Å². The van der Waals surface area contributed by atoms with Gasteiger partial charge in [0.1, 0.15) is 11.5 Å². The molecular weight excluding hydrogens is 657 g/mol. The number of aromatic nitrogens is 4. The van der Waals surface area contributed by atoms with Crippen LogP contribution < -0.4 is 14.6 Å². The van der Waals surface area contributed by atoms with Crippen LogP contribution >= 0.6 is 0 Å². The van der Waals surface area contributed by atoms with Crippen LogP contribution in [0.4, 0.5) is 0 Å². The fourth-order valence-electron chi connectivity index (χ4n) is 5.82. The van der Waals surface area contributed by atoms with Crippen LogP contribution in [0.3, 0.4) is 0 Å². The van der Waals surface area contributed by atoms with Gasteiger partial charge in [-0.25, -0.2) is 22.0 Å². The number of nitrogens with two attached hydrogens (primary N) is 1. The van der Waals surface area contributed by atoms with Crippen LogP contribution in [0.2, 0.25) is 0 Å². The summed E-state index contributed by atoms with van der Waals surface area (Å²) in [6.07, 6.45) is 3.40. The van der Waals surface area contributed by atoms with Crippen LogP contribution in [0.5, 0.6) is 11.5 Å². The van der Waals surface area contributed by atoms with E-state index in [9.17, 15) is 16.8 Å². The monoisotopic (exact) mass is 700 g/mol. The van der Waals surface area contributed by atoms with Gasteiger partial charge in [-0.3, -0.25) is 9.36 Å². The molecule has 2 saturated heterocycles. The lowest BCUT2D eigenvalue weighted by atomic mass is 10.0. The second-order valence-electron chi connectivity index (χ2n) is 12.4. The van der Waals surface area contributed by atoms with Crippen LogP contribution in [0, 0.1) is 11.8 Å². The first kappa shape index (κ1) is 35.5. The highest BCUT2D eigenvalue weighted by Crippen LogP contribution is 2.23. The molecule has 0 aliphatic carbocycles. The zero-order valence-corrected chi connectivity index (χ0v) is 29.3. The standard InChI is InChI=1S/C24H30N4O4S.C8H14N4O2S/c1-26-14-21(15-26)16-27-13-12-24(25-27)33(29,30)28(17-19-4-8-22(31-2)9-5-19)18-20-6-10-23(32-3)11-7-20;1-11-4-7(5-11)6-12-3-2-8(10-12)15(9,13)14/h4-13,21H,14-18H2,1-3H3;2-3,7H,4-6H2,1H3,(H2,9,13,14). The Balaban J connectivity index is 0.000000250. The number of methoxy groups -OCH3 is 2. The summed E-state index contributed by atoms with van der Waals surface area (Å²) >= 11 is 0. The zero-order valence-electron chi connectivity index (χ0n) is 27.7. The average Bonchev–Trinajstić information content (AvgIpc) is 3.71. The summed E-state index contributed by atoms with van der Waals surface area (Å²) in [6.45, 7) is 5.98. The first-order chi connectivity index (χ1) is 22.8. The predicted octanol–water partition coefficient (Wildman–Crippen LogP) is 1.95. The van der Waals surface area contributed by atoms with E-state index in [1.54, 1.807) is 42.0 Å². The smallest absolute Gasteiger partial charge is 0.262 e. The van der Waals surface area contributed by atoms with Crippen LogP contribution in [0.25, 0.3) is 0 Å². The normalized spacial score (nSPS) is 16.2. The van der Waals surface area contributed by atoms with Crippen molar-refractivity contribution in [3.8, 4) is 11.5 Å². The van der Waals surface area contributed by atoms with Crippen molar-refractivity contribution in [1.82, 2.24) is 33.7 Å². The number of hydrogen-bond acceptors (Lipinski definition) is 10. The fourth-order valence-corrected chi connectivity index (χ4v) is 7.63. The molecule has 14 nitrogen and oxygen atoms in total. The maximum absolute atomic E-state index is 13.6. The Kier molecular flexibility index (Phi) is 11.2. The maximum Gasteiger partial charge on any atom is 0.262 e. The van der Waals surface area contributed by atoms with Crippen LogP contribution in [0.15, 0.2) is 83.1 Å². The largest absolute Gasteiger partial charge is 0.497 e. The Morgan fingerprint density at radius 3 is 1.44 bits per heavy atom. The molecule has 0 bridgehead atoms. The molecule has 6 rings (SSSR count). The minimum atomic E-state index is -3.81. The Morgan fingerprint density at radius 1 is 0.688 bits per heavy atom. The van der Waals surface area contributed by atoms with E-state index in [2.05, 4.69) is 34.1 Å². The van der Waals surface area contributed by atoms with E-state index in [4.69, 9.17) is 14.6 Å². The summed E-state index contributed by atoms with van der Waals surface area (Å²) in [5.74, 6) is 2.51. The first-order valence-electron chi connectivity index (χ1n) is 15.5. The fraction of sp³-hybridized carbons (Fsp3) is 0.438. The van der Waals surface area contributed by atoms with Crippen molar-refractivity contribution in [2.45, 2.75) is 36.2 Å². The average molecular weight is 701 g/mol. The quantitative estimate of drug-likeness (QED) is 0.219. The third-order valence-electron chi connectivity index (χ3n) is 8.33. The second-order valence-corrected chi connectivity index (χ2v) is 15.8. The van der Waals surface area contributed by atoms with Gasteiger partial charge in [-0.2, -0.15) is 14.5 Å². The summed E-state index contributed by atoms with van der Waals surface area (Å²) < 4.78 is 64.4. The SMILES string of the molecule is CN1CC(Cn2ccc(S(N)(=O)=O)n2)C1.COc1ccc(CN(Cc2ccc(OC)cc2)S(=O)(=O)c2ccn(CC3CN(C)C3)n2)cc1. The van der Waals surface area contributed by atoms with Gasteiger partial charge in [-0.1, -0.05) is 24.3 Å². The van der Waals surface area contributed by atoms with E-state index in [1.807, 2.05) is 48.5 Å². The Labute approximate surface area is 282 Å². The molecule has 2 aliphatic heterocycles. The Morgan fingerprint density at radius 2 is 1.08 bits per heavy atom. The molecule has 4 aromatic rings. The third-order valence-corrected chi connectivity index (χ3v) is 10.8. The van der Waals surface area contributed by atoms with Gasteiger partial charge in [-0.15, -0.1) is 0 Å². The highest BCUT2D eigenvalue weighted by molar-refractivity contribution is 7.89. The molecule has 2 N–H and O–H groups in total.